The van der Waals surface area contributed by atoms with Gasteiger partial charge in [-0.3, -0.25) is 4.79 Å². The summed E-state index contributed by atoms with van der Waals surface area (Å²) in [4.78, 5) is 11.4. The summed E-state index contributed by atoms with van der Waals surface area (Å²) >= 11 is 3.53. The average molecular weight is 341 g/mol. The number of amides is 1. The van der Waals surface area contributed by atoms with Crippen molar-refractivity contribution in [2.75, 3.05) is 19.7 Å². The van der Waals surface area contributed by atoms with Crippen LogP contribution in [0, 0.1) is 5.92 Å². The van der Waals surface area contributed by atoms with Crippen molar-refractivity contribution in [1.29, 1.82) is 0 Å². The lowest BCUT2D eigenvalue weighted by atomic mass is 10.1. The summed E-state index contributed by atoms with van der Waals surface area (Å²) < 4.78 is 6.77. The van der Waals surface area contributed by atoms with E-state index in [9.17, 15) is 4.79 Å². The smallest absolute Gasteiger partial charge is 0.222 e. The number of hydrogen-bond acceptors (Lipinski definition) is 3. The summed E-state index contributed by atoms with van der Waals surface area (Å²) in [6, 6.07) is 4.21. The second kappa shape index (κ2) is 7.09. The highest BCUT2D eigenvalue weighted by molar-refractivity contribution is 9.10. The van der Waals surface area contributed by atoms with Crippen molar-refractivity contribution in [1.82, 2.24) is 10.6 Å². The number of hydrogen-bond donors (Lipinski definition) is 2. The van der Waals surface area contributed by atoms with Crippen LogP contribution in [0.2, 0.25) is 0 Å². The van der Waals surface area contributed by atoms with Crippen LogP contribution in [0.5, 0.6) is 5.75 Å². The molecule has 0 unspecified atom stereocenters. The molecule has 110 valence electrons. The fourth-order valence-electron chi connectivity index (χ4n) is 2.18. The maximum atomic E-state index is 11.4. The van der Waals surface area contributed by atoms with Crippen LogP contribution in [0.15, 0.2) is 16.6 Å². The molecule has 1 amide bonds. The zero-order chi connectivity index (χ0) is 14.5. The predicted molar refractivity (Wildman–Crippen MR) is 82.9 cm³/mol. The van der Waals surface area contributed by atoms with Gasteiger partial charge < -0.3 is 15.4 Å². The first-order valence-electron chi connectivity index (χ1n) is 7.00. The highest BCUT2D eigenvalue weighted by Gasteiger charge is 2.17. The van der Waals surface area contributed by atoms with Crippen LogP contribution >= 0.6 is 15.9 Å². The fourth-order valence-corrected chi connectivity index (χ4v) is 2.73. The van der Waals surface area contributed by atoms with Crippen LogP contribution in [0.25, 0.3) is 0 Å². The second-order valence-electron chi connectivity index (χ2n) is 5.27. The summed E-state index contributed by atoms with van der Waals surface area (Å²) in [7, 11) is 0. The monoisotopic (exact) mass is 340 g/mol. The Balaban J connectivity index is 1.79. The van der Waals surface area contributed by atoms with Crippen molar-refractivity contribution in [2.24, 2.45) is 5.92 Å². The molecule has 1 heterocycles. The van der Waals surface area contributed by atoms with Gasteiger partial charge in [0.1, 0.15) is 5.75 Å². The molecule has 0 spiro atoms. The first kappa shape index (κ1) is 15.3. The van der Waals surface area contributed by atoms with E-state index in [1.807, 2.05) is 13.8 Å². The standard InChI is InChI=1S/C15H21BrN2O2/c1-10(2)15(19)18-5-4-17-9-12-8-13(16)7-11-3-6-20-14(11)12/h7-8,10,17H,3-6,9H2,1-2H3,(H,18,19). The van der Waals surface area contributed by atoms with Gasteiger partial charge in [0.2, 0.25) is 5.91 Å². The molecule has 0 bridgehead atoms. The zero-order valence-electron chi connectivity index (χ0n) is 12.0. The molecule has 4 nitrogen and oxygen atoms in total. The molecule has 0 aromatic heterocycles. The van der Waals surface area contributed by atoms with E-state index >= 15 is 0 Å². The molecule has 0 radical (unpaired) electrons. The van der Waals surface area contributed by atoms with Gasteiger partial charge in [0.15, 0.2) is 0 Å². The third kappa shape index (κ3) is 3.96. The van der Waals surface area contributed by atoms with Crippen molar-refractivity contribution in [2.45, 2.75) is 26.8 Å². The number of halogens is 1. The van der Waals surface area contributed by atoms with Crippen LogP contribution in [0.1, 0.15) is 25.0 Å². The first-order valence-corrected chi connectivity index (χ1v) is 7.79. The van der Waals surface area contributed by atoms with Gasteiger partial charge in [-0.15, -0.1) is 0 Å². The summed E-state index contributed by atoms with van der Waals surface area (Å²) in [5.41, 5.74) is 2.44. The minimum Gasteiger partial charge on any atom is -0.493 e. The van der Waals surface area contributed by atoms with Crippen LogP contribution in [-0.2, 0) is 17.8 Å². The molecule has 1 aliphatic heterocycles. The van der Waals surface area contributed by atoms with Gasteiger partial charge in [0.05, 0.1) is 6.61 Å². The molecule has 5 heteroatoms. The molecule has 2 rings (SSSR count). The number of rotatable bonds is 6. The SMILES string of the molecule is CC(C)C(=O)NCCNCc1cc(Br)cc2c1OCC2. The molecule has 1 aromatic carbocycles. The predicted octanol–water partition coefficient (Wildman–Crippen LogP) is 2.25. The third-order valence-corrected chi connectivity index (χ3v) is 3.72. The summed E-state index contributed by atoms with van der Waals surface area (Å²) in [6.07, 6.45) is 0.978. The van der Waals surface area contributed by atoms with Crippen molar-refractivity contribution in [3.05, 3.63) is 27.7 Å². The summed E-state index contributed by atoms with van der Waals surface area (Å²) in [5, 5.41) is 6.23. The Morgan fingerprint density at radius 2 is 2.20 bits per heavy atom. The van der Waals surface area contributed by atoms with E-state index in [1.165, 1.54) is 11.1 Å². The van der Waals surface area contributed by atoms with Crippen molar-refractivity contribution in [3.63, 3.8) is 0 Å². The van der Waals surface area contributed by atoms with E-state index in [1.54, 1.807) is 0 Å². The zero-order valence-corrected chi connectivity index (χ0v) is 13.5. The van der Waals surface area contributed by atoms with E-state index < -0.39 is 0 Å². The van der Waals surface area contributed by atoms with Gasteiger partial charge in [-0.2, -0.15) is 0 Å². The van der Waals surface area contributed by atoms with Gasteiger partial charge >= 0.3 is 0 Å². The second-order valence-corrected chi connectivity index (χ2v) is 6.19. The highest BCUT2D eigenvalue weighted by Crippen LogP contribution is 2.32. The lowest BCUT2D eigenvalue weighted by Crippen LogP contribution is -2.34. The molecule has 1 aromatic rings. The van der Waals surface area contributed by atoms with Gasteiger partial charge in [0, 0.05) is 42.0 Å². The van der Waals surface area contributed by atoms with E-state index in [2.05, 4.69) is 38.7 Å². The van der Waals surface area contributed by atoms with E-state index in [4.69, 9.17) is 4.74 Å². The molecular formula is C15H21BrN2O2. The van der Waals surface area contributed by atoms with Crippen LogP contribution < -0.4 is 15.4 Å². The van der Waals surface area contributed by atoms with Crippen molar-refractivity contribution in [3.8, 4) is 5.75 Å². The van der Waals surface area contributed by atoms with Gasteiger partial charge in [-0.05, 0) is 17.7 Å². The van der Waals surface area contributed by atoms with E-state index in [0.717, 1.165) is 36.3 Å². The Morgan fingerprint density at radius 3 is 2.95 bits per heavy atom. The normalized spacial score (nSPS) is 13.2. The quantitative estimate of drug-likeness (QED) is 0.781. The lowest BCUT2D eigenvalue weighted by Gasteiger charge is -2.11. The minimum atomic E-state index is 0.0387. The van der Waals surface area contributed by atoms with Crippen LogP contribution in [0.4, 0.5) is 0 Å². The third-order valence-electron chi connectivity index (χ3n) is 3.27. The van der Waals surface area contributed by atoms with Crippen molar-refractivity contribution >= 4 is 21.8 Å². The Hall–Kier alpha value is -1.07. The molecule has 20 heavy (non-hydrogen) atoms. The van der Waals surface area contributed by atoms with Crippen LogP contribution in [-0.4, -0.2) is 25.6 Å². The number of fused-ring (bicyclic) bond motifs is 1. The Bertz CT molecular complexity index is 489. The number of carbonyl (C=O) groups is 1. The highest BCUT2D eigenvalue weighted by atomic mass is 79.9. The molecule has 0 fully saturated rings. The number of carbonyl (C=O) groups excluding carboxylic acids is 1. The van der Waals surface area contributed by atoms with E-state index in [0.29, 0.717) is 6.54 Å². The maximum Gasteiger partial charge on any atom is 0.222 e. The van der Waals surface area contributed by atoms with E-state index in [-0.39, 0.29) is 11.8 Å². The summed E-state index contributed by atoms with van der Waals surface area (Å²) in [6.45, 7) is 6.70. The molecule has 2 N–H and O–H groups in total. The first-order chi connectivity index (χ1) is 9.58. The fraction of sp³-hybridized carbons (Fsp3) is 0.533. The molecule has 0 saturated heterocycles. The Kier molecular flexibility index (Phi) is 5.43. The number of ether oxygens (including phenoxy) is 1. The average Bonchev–Trinajstić information content (AvgIpc) is 2.85. The number of benzene rings is 1. The van der Waals surface area contributed by atoms with Crippen LogP contribution in [0.3, 0.4) is 0 Å². The number of nitrogens with one attached hydrogen (secondary N) is 2. The van der Waals surface area contributed by atoms with Gasteiger partial charge in [0.25, 0.3) is 0 Å². The summed E-state index contributed by atoms with van der Waals surface area (Å²) in [5.74, 6) is 1.15. The Labute approximate surface area is 128 Å². The lowest BCUT2D eigenvalue weighted by molar-refractivity contribution is -0.123. The molecule has 0 saturated carbocycles. The molecule has 0 atom stereocenters. The largest absolute Gasteiger partial charge is 0.493 e. The van der Waals surface area contributed by atoms with Crippen molar-refractivity contribution < 1.29 is 9.53 Å². The molecule has 0 aliphatic carbocycles. The minimum absolute atomic E-state index is 0.0387. The topological polar surface area (TPSA) is 50.4 Å². The molecular weight excluding hydrogens is 320 g/mol. The van der Waals surface area contributed by atoms with Gasteiger partial charge in [-0.1, -0.05) is 29.8 Å². The van der Waals surface area contributed by atoms with Gasteiger partial charge in [-0.25, -0.2) is 0 Å². The Morgan fingerprint density at radius 1 is 1.40 bits per heavy atom. The molecule has 1 aliphatic rings. The maximum absolute atomic E-state index is 11.4.